The molecule has 0 spiro atoms. The molecule has 0 radical (unpaired) electrons. The topological polar surface area (TPSA) is 125 Å². The van der Waals surface area contributed by atoms with Crippen LogP contribution in [-0.4, -0.2) is 34.4 Å². The van der Waals surface area contributed by atoms with Crippen LogP contribution in [0.4, 0.5) is 5.82 Å². The van der Waals surface area contributed by atoms with Gasteiger partial charge in [-0.2, -0.15) is 5.10 Å². The number of rotatable bonds is 4. The predicted octanol–water partition coefficient (Wildman–Crippen LogP) is 0.800. The van der Waals surface area contributed by atoms with Crippen LogP contribution in [0.5, 0.6) is 0 Å². The Labute approximate surface area is 146 Å². The van der Waals surface area contributed by atoms with E-state index in [2.05, 4.69) is 41.8 Å². The SMILES string of the molecule is Cc1ccc(Br)cc1C1(C(N)=O)NC=NC1C(=O)Nc1ccn[nH]1. The zero-order chi connectivity index (χ0) is 17.3. The Morgan fingerprint density at radius 1 is 1.38 bits per heavy atom. The van der Waals surface area contributed by atoms with Crippen LogP contribution in [0.15, 0.2) is 39.9 Å². The Bertz CT molecular complexity index is 819. The molecule has 1 aliphatic heterocycles. The monoisotopic (exact) mass is 390 g/mol. The summed E-state index contributed by atoms with van der Waals surface area (Å²) < 4.78 is 0.769. The van der Waals surface area contributed by atoms with Crippen LogP contribution in [0.25, 0.3) is 0 Å². The van der Waals surface area contributed by atoms with E-state index in [1.807, 2.05) is 19.1 Å². The first kappa shape index (κ1) is 16.2. The number of amides is 2. The number of carbonyl (C=O) groups is 2. The van der Waals surface area contributed by atoms with Crippen LogP contribution in [-0.2, 0) is 15.1 Å². The molecule has 1 aromatic heterocycles. The lowest BCUT2D eigenvalue weighted by atomic mass is 9.80. The molecule has 2 unspecified atom stereocenters. The van der Waals surface area contributed by atoms with Crippen molar-refractivity contribution in [3.05, 3.63) is 46.1 Å². The highest BCUT2D eigenvalue weighted by atomic mass is 79.9. The Morgan fingerprint density at radius 2 is 2.17 bits per heavy atom. The number of anilines is 1. The standard InChI is InChI=1S/C15H15BrN6O2/c1-8-2-3-9(16)6-10(8)15(14(17)24)12(18-7-19-15)13(23)21-11-4-5-20-22-11/h2-7,12H,1H3,(H2,17,24)(H,18,19)(H2,20,21,22,23). The number of carbonyl (C=O) groups excluding carboxylic acids is 2. The van der Waals surface area contributed by atoms with E-state index in [4.69, 9.17) is 5.73 Å². The lowest BCUT2D eigenvalue weighted by Gasteiger charge is -2.32. The summed E-state index contributed by atoms with van der Waals surface area (Å²) in [6, 6.07) is 6.00. The molecule has 2 atom stereocenters. The van der Waals surface area contributed by atoms with Crippen molar-refractivity contribution in [1.82, 2.24) is 15.5 Å². The number of benzene rings is 1. The number of nitrogens with two attached hydrogens (primary N) is 1. The van der Waals surface area contributed by atoms with Crippen LogP contribution in [0.3, 0.4) is 0 Å². The molecular formula is C15H15BrN6O2. The lowest BCUT2D eigenvalue weighted by Crippen LogP contribution is -2.59. The van der Waals surface area contributed by atoms with Gasteiger partial charge in [-0.05, 0) is 30.2 Å². The maximum Gasteiger partial charge on any atom is 0.253 e. The molecule has 3 rings (SSSR count). The van der Waals surface area contributed by atoms with Crippen molar-refractivity contribution < 1.29 is 9.59 Å². The largest absolute Gasteiger partial charge is 0.367 e. The van der Waals surface area contributed by atoms with Crippen molar-refractivity contribution in [2.75, 3.05) is 5.32 Å². The molecule has 124 valence electrons. The van der Waals surface area contributed by atoms with Crippen LogP contribution in [0.2, 0.25) is 0 Å². The van der Waals surface area contributed by atoms with E-state index in [9.17, 15) is 9.59 Å². The molecule has 2 amide bonds. The number of aryl methyl sites for hydroxylation is 1. The number of nitrogens with zero attached hydrogens (tertiary/aromatic N) is 2. The molecule has 2 heterocycles. The molecule has 9 heteroatoms. The predicted molar refractivity (Wildman–Crippen MR) is 92.4 cm³/mol. The third-order valence-corrected chi connectivity index (χ3v) is 4.44. The van der Waals surface area contributed by atoms with E-state index in [1.165, 1.54) is 12.5 Å². The summed E-state index contributed by atoms with van der Waals surface area (Å²) in [5.41, 5.74) is 5.63. The molecule has 8 nitrogen and oxygen atoms in total. The molecule has 1 aliphatic rings. The van der Waals surface area contributed by atoms with Gasteiger partial charge in [-0.25, -0.2) is 0 Å². The summed E-state index contributed by atoms with van der Waals surface area (Å²) in [7, 11) is 0. The fourth-order valence-corrected chi connectivity index (χ4v) is 3.14. The number of primary amides is 1. The van der Waals surface area contributed by atoms with Gasteiger partial charge in [-0.1, -0.05) is 22.0 Å². The first-order valence-corrected chi connectivity index (χ1v) is 7.90. The second kappa shape index (κ2) is 6.08. The smallest absolute Gasteiger partial charge is 0.253 e. The summed E-state index contributed by atoms with van der Waals surface area (Å²) in [4.78, 5) is 29.2. The Morgan fingerprint density at radius 3 is 2.83 bits per heavy atom. The first-order valence-electron chi connectivity index (χ1n) is 7.11. The fourth-order valence-electron chi connectivity index (χ4n) is 2.78. The minimum atomic E-state index is -1.46. The van der Waals surface area contributed by atoms with E-state index in [0.29, 0.717) is 11.4 Å². The first-order chi connectivity index (χ1) is 11.4. The maximum absolute atomic E-state index is 12.7. The van der Waals surface area contributed by atoms with Gasteiger partial charge < -0.3 is 16.4 Å². The number of hydrogen-bond acceptors (Lipinski definition) is 5. The second-order valence-electron chi connectivity index (χ2n) is 5.42. The molecule has 1 aromatic carbocycles. The van der Waals surface area contributed by atoms with E-state index in [1.54, 1.807) is 12.1 Å². The van der Waals surface area contributed by atoms with E-state index >= 15 is 0 Å². The van der Waals surface area contributed by atoms with Crippen molar-refractivity contribution in [2.24, 2.45) is 10.7 Å². The van der Waals surface area contributed by atoms with Gasteiger partial charge in [0, 0.05) is 10.5 Å². The maximum atomic E-state index is 12.7. The molecule has 0 aliphatic carbocycles. The van der Waals surface area contributed by atoms with Gasteiger partial charge in [0.2, 0.25) is 0 Å². The van der Waals surface area contributed by atoms with Crippen molar-refractivity contribution in [2.45, 2.75) is 18.5 Å². The van der Waals surface area contributed by atoms with Crippen molar-refractivity contribution in [3.8, 4) is 0 Å². The molecule has 0 saturated carbocycles. The van der Waals surface area contributed by atoms with Gasteiger partial charge in [-0.15, -0.1) is 0 Å². The Balaban J connectivity index is 2.04. The molecule has 24 heavy (non-hydrogen) atoms. The Hall–Kier alpha value is -2.68. The van der Waals surface area contributed by atoms with Crippen LogP contribution in [0, 0.1) is 6.92 Å². The molecule has 0 bridgehead atoms. The number of aromatic amines is 1. The average molecular weight is 391 g/mol. The molecule has 2 aromatic rings. The fraction of sp³-hybridized carbons (Fsp3) is 0.200. The van der Waals surface area contributed by atoms with Crippen molar-refractivity contribution >= 4 is 39.9 Å². The number of aliphatic imine (C=N–C) groups is 1. The van der Waals surface area contributed by atoms with Crippen molar-refractivity contribution in [3.63, 3.8) is 0 Å². The van der Waals surface area contributed by atoms with Gasteiger partial charge in [0.05, 0.1) is 12.5 Å². The summed E-state index contributed by atoms with van der Waals surface area (Å²) in [5.74, 6) is -0.754. The quantitative estimate of drug-likeness (QED) is 0.615. The highest BCUT2D eigenvalue weighted by Gasteiger charge is 2.52. The number of nitrogens with one attached hydrogen (secondary N) is 3. The molecule has 5 N–H and O–H groups in total. The molecule has 0 fully saturated rings. The number of halogens is 1. The second-order valence-corrected chi connectivity index (χ2v) is 6.33. The number of hydrogen-bond donors (Lipinski definition) is 4. The summed E-state index contributed by atoms with van der Waals surface area (Å²) in [5, 5.41) is 11.9. The molecular weight excluding hydrogens is 376 g/mol. The number of aromatic nitrogens is 2. The van der Waals surface area contributed by atoms with Gasteiger partial charge in [0.1, 0.15) is 5.82 Å². The van der Waals surface area contributed by atoms with E-state index in [0.717, 1.165) is 10.0 Å². The third kappa shape index (κ3) is 2.56. The average Bonchev–Trinajstić information content (AvgIpc) is 3.19. The van der Waals surface area contributed by atoms with Crippen LogP contribution >= 0.6 is 15.9 Å². The minimum Gasteiger partial charge on any atom is -0.367 e. The van der Waals surface area contributed by atoms with E-state index in [-0.39, 0.29) is 0 Å². The van der Waals surface area contributed by atoms with Crippen molar-refractivity contribution in [1.29, 1.82) is 0 Å². The summed E-state index contributed by atoms with van der Waals surface area (Å²) in [6.07, 6.45) is 2.84. The summed E-state index contributed by atoms with van der Waals surface area (Å²) >= 11 is 3.39. The van der Waals surface area contributed by atoms with Crippen LogP contribution in [0.1, 0.15) is 11.1 Å². The third-order valence-electron chi connectivity index (χ3n) is 3.95. The highest BCUT2D eigenvalue weighted by molar-refractivity contribution is 9.10. The summed E-state index contributed by atoms with van der Waals surface area (Å²) in [6.45, 7) is 1.84. The zero-order valence-electron chi connectivity index (χ0n) is 12.7. The normalized spacial score (nSPS) is 22.2. The Kier molecular flexibility index (Phi) is 4.10. The lowest BCUT2D eigenvalue weighted by molar-refractivity contribution is -0.129. The van der Waals surface area contributed by atoms with Crippen LogP contribution < -0.4 is 16.4 Å². The van der Waals surface area contributed by atoms with Gasteiger partial charge in [-0.3, -0.25) is 19.7 Å². The zero-order valence-corrected chi connectivity index (χ0v) is 14.3. The molecule has 0 saturated heterocycles. The van der Waals surface area contributed by atoms with Gasteiger partial charge in [0.15, 0.2) is 11.6 Å². The van der Waals surface area contributed by atoms with Gasteiger partial charge in [0.25, 0.3) is 11.8 Å². The van der Waals surface area contributed by atoms with Gasteiger partial charge >= 0.3 is 0 Å². The minimum absolute atomic E-state index is 0.409. The van der Waals surface area contributed by atoms with E-state index < -0.39 is 23.4 Å². The number of H-pyrrole nitrogens is 1. The highest BCUT2D eigenvalue weighted by Crippen LogP contribution is 2.34.